The lowest BCUT2D eigenvalue weighted by Crippen LogP contribution is -2.49. The van der Waals surface area contributed by atoms with Gasteiger partial charge < -0.3 is 10.2 Å². The molecule has 8 heteroatoms. The van der Waals surface area contributed by atoms with Crippen LogP contribution in [0.2, 0.25) is 0 Å². The molecule has 0 saturated carbocycles. The predicted octanol–water partition coefficient (Wildman–Crippen LogP) is 1.02. The molecule has 0 aromatic carbocycles. The lowest BCUT2D eigenvalue weighted by atomic mass is 10.0. The molecular weight excluding hydrogens is 322 g/mol. The number of nitrogens with zero attached hydrogens (tertiary/aromatic N) is 1. The Morgan fingerprint density at radius 3 is 2.77 bits per heavy atom. The van der Waals surface area contributed by atoms with Crippen LogP contribution in [-0.4, -0.2) is 51.4 Å². The molecule has 1 saturated heterocycles. The van der Waals surface area contributed by atoms with Crippen molar-refractivity contribution in [2.75, 3.05) is 26.2 Å². The van der Waals surface area contributed by atoms with E-state index >= 15 is 0 Å². The van der Waals surface area contributed by atoms with Gasteiger partial charge in [-0.05, 0) is 43.8 Å². The molecule has 1 aromatic heterocycles. The van der Waals surface area contributed by atoms with Gasteiger partial charge in [-0.3, -0.25) is 4.79 Å². The molecule has 0 atom stereocenters. The largest absolute Gasteiger partial charge is 0.338 e. The van der Waals surface area contributed by atoms with Crippen LogP contribution in [0.3, 0.4) is 0 Å². The van der Waals surface area contributed by atoms with Gasteiger partial charge in [-0.1, -0.05) is 13.0 Å². The topological polar surface area (TPSA) is 78.5 Å². The molecule has 6 nitrogen and oxygen atoms in total. The number of rotatable bonds is 7. The molecule has 0 radical (unpaired) electrons. The molecule has 0 unspecified atom stereocenters. The lowest BCUT2D eigenvalue weighted by Gasteiger charge is -2.34. The Hall–Kier alpha value is -0.960. The van der Waals surface area contributed by atoms with Crippen LogP contribution in [0, 0.1) is 0 Å². The van der Waals surface area contributed by atoms with Crippen molar-refractivity contribution < 1.29 is 13.2 Å². The van der Waals surface area contributed by atoms with E-state index in [0.29, 0.717) is 6.54 Å². The summed E-state index contributed by atoms with van der Waals surface area (Å²) in [6.07, 6.45) is 2.71. The van der Waals surface area contributed by atoms with Gasteiger partial charge in [-0.2, -0.15) is 0 Å². The SMILES string of the molecule is CCCN(C(=O)CNS(=O)(=O)c1cccs1)C1CCNCC1. The summed E-state index contributed by atoms with van der Waals surface area (Å²) in [5.74, 6) is -0.145. The monoisotopic (exact) mass is 345 g/mol. The van der Waals surface area contributed by atoms with Crippen LogP contribution in [-0.2, 0) is 14.8 Å². The summed E-state index contributed by atoms with van der Waals surface area (Å²) in [5, 5.41) is 4.98. The molecule has 1 amide bonds. The van der Waals surface area contributed by atoms with Gasteiger partial charge in [0.1, 0.15) is 4.21 Å². The van der Waals surface area contributed by atoms with Crippen molar-refractivity contribution in [2.45, 2.75) is 36.4 Å². The predicted molar refractivity (Wildman–Crippen MR) is 87.4 cm³/mol. The first kappa shape index (κ1) is 17.4. The van der Waals surface area contributed by atoms with E-state index in [9.17, 15) is 13.2 Å². The van der Waals surface area contributed by atoms with Crippen LogP contribution in [0.25, 0.3) is 0 Å². The quantitative estimate of drug-likeness (QED) is 0.773. The molecule has 1 aliphatic rings. The van der Waals surface area contributed by atoms with Gasteiger partial charge in [0, 0.05) is 12.6 Å². The zero-order valence-corrected chi connectivity index (χ0v) is 14.4. The summed E-state index contributed by atoms with van der Waals surface area (Å²) < 4.78 is 26.8. The Balaban J connectivity index is 1.96. The van der Waals surface area contributed by atoms with Gasteiger partial charge in [-0.25, -0.2) is 13.1 Å². The van der Waals surface area contributed by atoms with E-state index in [0.717, 1.165) is 43.7 Å². The Labute approximate surface area is 135 Å². The fourth-order valence-electron chi connectivity index (χ4n) is 2.62. The highest BCUT2D eigenvalue weighted by Crippen LogP contribution is 2.16. The average Bonchev–Trinajstić information content (AvgIpc) is 3.06. The van der Waals surface area contributed by atoms with Crippen molar-refractivity contribution in [1.29, 1.82) is 0 Å². The minimum atomic E-state index is -3.58. The second-order valence-corrected chi connectivity index (χ2v) is 8.27. The third kappa shape index (κ3) is 4.52. The summed E-state index contributed by atoms with van der Waals surface area (Å²) >= 11 is 1.14. The molecule has 0 spiro atoms. The van der Waals surface area contributed by atoms with Gasteiger partial charge >= 0.3 is 0 Å². The van der Waals surface area contributed by atoms with Crippen LogP contribution in [0.4, 0.5) is 0 Å². The fraction of sp³-hybridized carbons (Fsp3) is 0.643. The average molecular weight is 345 g/mol. The van der Waals surface area contributed by atoms with Gasteiger partial charge in [0.05, 0.1) is 6.54 Å². The molecule has 2 heterocycles. The summed E-state index contributed by atoms with van der Waals surface area (Å²) in [7, 11) is -3.58. The van der Waals surface area contributed by atoms with Crippen LogP contribution in [0.1, 0.15) is 26.2 Å². The van der Waals surface area contributed by atoms with Crippen molar-refractivity contribution in [2.24, 2.45) is 0 Å². The second kappa shape index (κ2) is 8.05. The normalized spacial score (nSPS) is 16.6. The lowest BCUT2D eigenvalue weighted by molar-refractivity contribution is -0.132. The highest BCUT2D eigenvalue weighted by molar-refractivity contribution is 7.91. The summed E-state index contributed by atoms with van der Waals surface area (Å²) in [4.78, 5) is 14.3. The minimum absolute atomic E-state index is 0.145. The van der Waals surface area contributed by atoms with E-state index < -0.39 is 10.0 Å². The maximum absolute atomic E-state index is 12.4. The molecule has 1 fully saturated rings. The van der Waals surface area contributed by atoms with Crippen molar-refractivity contribution in [1.82, 2.24) is 14.9 Å². The molecular formula is C14H23N3O3S2. The first-order chi connectivity index (χ1) is 10.5. The molecule has 0 aliphatic carbocycles. The molecule has 2 rings (SSSR count). The number of sulfonamides is 1. The molecule has 0 bridgehead atoms. The van der Waals surface area contributed by atoms with E-state index in [4.69, 9.17) is 0 Å². The maximum Gasteiger partial charge on any atom is 0.250 e. The van der Waals surface area contributed by atoms with E-state index in [1.807, 2.05) is 11.8 Å². The standard InChI is InChI=1S/C14H23N3O3S2/c1-2-9-17(12-5-7-15-8-6-12)13(18)11-16-22(19,20)14-4-3-10-21-14/h3-4,10,12,15-16H,2,5-9,11H2,1H3. The zero-order valence-electron chi connectivity index (χ0n) is 12.7. The van der Waals surface area contributed by atoms with Crippen LogP contribution < -0.4 is 10.0 Å². The van der Waals surface area contributed by atoms with E-state index in [1.54, 1.807) is 11.4 Å². The summed E-state index contributed by atoms with van der Waals surface area (Å²) in [5.41, 5.74) is 0. The first-order valence-corrected chi connectivity index (χ1v) is 9.94. The molecule has 1 aliphatic heterocycles. The van der Waals surface area contributed by atoms with E-state index in [-0.39, 0.29) is 22.7 Å². The number of hydrogen-bond donors (Lipinski definition) is 2. The Bertz CT molecular complexity index is 566. The van der Waals surface area contributed by atoms with Crippen LogP contribution in [0.15, 0.2) is 21.7 Å². The number of nitrogens with one attached hydrogen (secondary N) is 2. The Morgan fingerprint density at radius 1 is 1.45 bits per heavy atom. The number of amides is 1. The second-order valence-electron chi connectivity index (χ2n) is 5.32. The molecule has 2 N–H and O–H groups in total. The third-order valence-corrected chi connectivity index (χ3v) is 6.51. The Kier molecular flexibility index (Phi) is 6.37. The summed E-state index contributed by atoms with van der Waals surface area (Å²) in [6, 6.07) is 3.42. The van der Waals surface area contributed by atoms with Gasteiger partial charge in [0.25, 0.3) is 10.0 Å². The minimum Gasteiger partial charge on any atom is -0.338 e. The van der Waals surface area contributed by atoms with E-state index in [1.165, 1.54) is 6.07 Å². The van der Waals surface area contributed by atoms with Crippen LogP contribution in [0.5, 0.6) is 0 Å². The van der Waals surface area contributed by atoms with E-state index in [2.05, 4.69) is 10.0 Å². The number of carbonyl (C=O) groups excluding carboxylic acids is 1. The highest BCUT2D eigenvalue weighted by atomic mass is 32.2. The highest BCUT2D eigenvalue weighted by Gasteiger charge is 2.26. The maximum atomic E-state index is 12.4. The molecule has 1 aromatic rings. The Morgan fingerprint density at radius 2 is 2.18 bits per heavy atom. The van der Waals surface area contributed by atoms with Gasteiger partial charge in [0.15, 0.2) is 0 Å². The van der Waals surface area contributed by atoms with Crippen molar-refractivity contribution in [3.05, 3.63) is 17.5 Å². The summed E-state index contributed by atoms with van der Waals surface area (Å²) in [6.45, 7) is 4.32. The van der Waals surface area contributed by atoms with Crippen molar-refractivity contribution >= 4 is 27.3 Å². The molecule has 22 heavy (non-hydrogen) atoms. The number of carbonyl (C=O) groups is 1. The fourth-order valence-corrected chi connectivity index (χ4v) is 4.63. The smallest absolute Gasteiger partial charge is 0.250 e. The van der Waals surface area contributed by atoms with Gasteiger partial charge in [0.2, 0.25) is 5.91 Å². The molecule has 124 valence electrons. The zero-order chi connectivity index (χ0) is 16.0. The third-order valence-electron chi connectivity index (χ3n) is 3.71. The van der Waals surface area contributed by atoms with Crippen molar-refractivity contribution in [3.8, 4) is 0 Å². The first-order valence-electron chi connectivity index (χ1n) is 7.58. The number of hydrogen-bond acceptors (Lipinski definition) is 5. The van der Waals surface area contributed by atoms with Crippen LogP contribution >= 0.6 is 11.3 Å². The number of thiophene rings is 1. The number of piperidine rings is 1. The van der Waals surface area contributed by atoms with Gasteiger partial charge in [-0.15, -0.1) is 11.3 Å². The van der Waals surface area contributed by atoms with Crippen molar-refractivity contribution in [3.63, 3.8) is 0 Å².